The van der Waals surface area contributed by atoms with Gasteiger partial charge in [-0.3, -0.25) is 9.69 Å². The fourth-order valence-corrected chi connectivity index (χ4v) is 2.94. The summed E-state index contributed by atoms with van der Waals surface area (Å²) in [6, 6.07) is 1.21. The van der Waals surface area contributed by atoms with Crippen molar-refractivity contribution in [3.05, 3.63) is 0 Å². The summed E-state index contributed by atoms with van der Waals surface area (Å²) in [6.07, 6.45) is 6.18. The Hall–Kier alpha value is -0.570. The second kappa shape index (κ2) is 3.89. The lowest BCUT2D eigenvalue weighted by atomic mass is 9.83. The monoisotopic (exact) mass is 197 g/mol. The SMILES string of the molecule is CC(=O)O[C@H]1CC[C@H]2CCC[C@@H]1N2C. The molecule has 14 heavy (non-hydrogen) atoms. The molecule has 3 heteroatoms. The number of rotatable bonds is 1. The van der Waals surface area contributed by atoms with E-state index >= 15 is 0 Å². The highest BCUT2D eigenvalue weighted by Crippen LogP contribution is 2.34. The molecule has 2 aliphatic heterocycles. The molecule has 3 nitrogen and oxygen atoms in total. The van der Waals surface area contributed by atoms with Crippen molar-refractivity contribution in [1.82, 2.24) is 4.90 Å². The Kier molecular flexibility index (Phi) is 2.77. The van der Waals surface area contributed by atoms with Crippen molar-refractivity contribution < 1.29 is 9.53 Å². The van der Waals surface area contributed by atoms with Gasteiger partial charge in [0.05, 0.1) is 0 Å². The minimum atomic E-state index is -0.132. The summed E-state index contributed by atoms with van der Waals surface area (Å²) in [6.45, 7) is 1.51. The van der Waals surface area contributed by atoms with Crippen LogP contribution in [0.4, 0.5) is 0 Å². The highest BCUT2D eigenvalue weighted by molar-refractivity contribution is 5.66. The van der Waals surface area contributed by atoms with E-state index in [4.69, 9.17) is 4.74 Å². The normalized spacial score (nSPS) is 38.0. The molecule has 2 fully saturated rings. The number of fused-ring (bicyclic) bond motifs is 2. The van der Waals surface area contributed by atoms with E-state index in [-0.39, 0.29) is 12.1 Å². The van der Waals surface area contributed by atoms with Gasteiger partial charge in [-0.05, 0) is 32.7 Å². The maximum absolute atomic E-state index is 10.9. The molecule has 0 aromatic heterocycles. The summed E-state index contributed by atoms with van der Waals surface area (Å²) in [5, 5.41) is 0. The maximum Gasteiger partial charge on any atom is 0.302 e. The zero-order chi connectivity index (χ0) is 10.1. The van der Waals surface area contributed by atoms with Crippen molar-refractivity contribution in [2.45, 2.75) is 57.2 Å². The van der Waals surface area contributed by atoms with Crippen molar-refractivity contribution in [1.29, 1.82) is 0 Å². The molecule has 2 bridgehead atoms. The Morgan fingerprint density at radius 1 is 1.29 bits per heavy atom. The lowest BCUT2D eigenvalue weighted by Crippen LogP contribution is -2.54. The molecular formula is C11H19NO2. The van der Waals surface area contributed by atoms with E-state index in [1.807, 2.05) is 0 Å². The lowest BCUT2D eigenvalue weighted by Gasteiger charge is -2.47. The third kappa shape index (κ3) is 1.78. The van der Waals surface area contributed by atoms with Crippen LogP contribution in [0.3, 0.4) is 0 Å². The molecule has 2 saturated heterocycles. The van der Waals surface area contributed by atoms with Crippen LogP contribution in [0.25, 0.3) is 0 Å². The second-order valence-corrected chi connectivity index (χ2v) is 4.54. The Morgan fingerprint density at radius 3 is 2.79 bits per heavy atom. The van der Waals surface area contributed by atoms with E-state index in [0.717, 1.165) is 12.5 Å². The first-order valence-corrected chi connectivity index (χ1v) is 5.57. The number of carbonyl (C=O) groups is 1. The van der Waals surface area contributed by atoms with E-state index in [1.54, 1.807) is 0 Å². The fourth-order valence-electron chi connectivity index (χ4n) is 2.94. The second-order valence-electron chi connectivity index (χ2n) is 4.54. The molecule has 80 valence electrons. The molecular weight excluding hydrogens is 178 g/mol. The average molecular weight is 197 g/mol. The summed E-state index contributed by atoms with van der Waals surface area (Å²) < 4.78 is 5.37. The number of piperidine rings is 2. The third-order valence-corrected chi connectivity index (χ3v) is 3.67. The van der Waals surface area contributed by atoms with Crippen LogP contribution in [0.5, 0.6) is 0 Å². The molecule has 2 heterocycles. The molecule has 0 saturated carbocycles. The number of hydrogen-bond donors (Lipinski definition) is 0. The van der Waals surface area contributed by atoms with Gasteiger partial charge >= 0.3 is 5.97 Å². The van der Waals surface area contributed by atoms with Gasteiger partial charge in [0, 0.05) is 19.0 Å². The van der Waals surface area contributed by atoms with Gasteiger partial charge in [0.25, 0.3) is 0 Å². The molecule has 0 radical (unpaired) electrons. The van der Waals surface area contributed by atoms with Crippen LogP contribution in [0, 0.1) is 0 Å². The van der Waals surface area contributed by atoms with E-state index < -0.39 is 0 Å². The molecule has 2 aliphatic rings. The van der Waals surface area contributed by atoms with Crippen LogP contribution < -0.4 is 0 Å². The number of nitrogens with zero attached hydrogens (tertiary/aromatic N) is 1. The minimum absolute atomic E-state index is 0.132. The summed E-state index contributed by atoms with van der Waals surface area (Å²) >= 11 is 0. The fraction of sp³-hybridized carbons (Fsp3) is 0.909. The van der Waals surface area contributed by atoms with Crippen LogP contribution in [-0.2, 0) is 9.53 Å². The van der Waals surface area contributed by atoms with Gasteiger partial charge in [-0.2, -0.15) is 0 Å². The van der Waals surface area contributed by atoms with Crippen LogP contribution in [0.2, 0.25) is 0 Å². The van der Waals surface area contributed by atoms with Gasteiger partial charge in [0.15, 0.2) is 0 Å². The van der Waals surface area contributed by atoms with Gasteiger partial charge < -0.3 is 4.74 Å². The summed E-state index contributed by atoms with van der Waals surface area (Å²) in [5.74, 6) is -0.132. The number of esters is 1. The minimum Gasteiger partial charge on any atom is -0.461 e. The van der Waals surface area contributed by atoms with Gasteiger partial charge in [-0.15, -0.1) is 0 Å². The number of likely N-dealkylation sites (N-methyl/N-ethyl adjacent to an activating group) is 1. The van der Waals surface area contributed by atoms with Gasteiger partial charge in [-0.1, -0.05) is 6.42 Å². The third-order valence-electron chi connectivity index (χ3n) is 3.67. The van der Waals surface area contributed by atoms with Crippen LogP contribution >= 0.6 is 0 Å². The topological polar surface area (TPSA) is 29.5 Å². The predicted octanol–water partition coefficient (Wildman–Crippen LogP) is 1.56. The van der Waals surface area contributed by atoms with Crippen molar-refractivity contribution in [3.8, 4) is 0 Å². The number of hydrogen-bond acceptors (Lipinski definition) is 3. The largest absolute Gasteiger partial charge is 0.461 e. The highest BCUT2D eigenvalue weighted by atomic mass is 16.5. The first-order chi connectivity index (χ1) is 6.68. The Labute approximate surface area is 85.4 Å². The van der Waals surface area contributed by atoms with Crippen molar-refractivity contribution >= 4 is 5.97 Å². The molecule has 0 amide bonds. The van der Waals surface area contributed by atoms with E-state index in [9.17, 15) is 4.79 Å². The standard InChI is InChI=1S/C11H19NO2/c1-8(13)14-11-7-6-9-4-3-5-10(11)12(9)2/h9-11H,3-7H2,1-2H3/t9-,10+,11+/m1/s1. The lowest BCUT2D eigenvalue weighted by molar-refractivity contribution is -0.155. The zero-order valence-electron chi connectivity index (χ0n) is 9.03. The van der Waals surface area contributed by atoms with Gasteiger partial charge in [0.1, 0.15) is 6.10 Å². The van der Waals surface area contributed by atoms with E-state index in [2.05, 4.69) is 11.9 Å². The first kappa shape index (κ1) is 9.97. The molecule has 3 atom stereocenters. The molecule has 2 rings (SSSR count). The quantitative estimate of drug-likeness (QED) is 0.597. The summed E-state index contributed by atoms with van der Waals surface area (Å²) in [5.41, 5.74) is 0. The van der Waals surface area contributed by atoms with Crippen LogP contribution in [-0.4, -0.2) is 36.1 Å². The Balaban J connectivity index is 2.02. The summed E-state index contributed by atoms with van der Waals surface area (Å²) in [7, 11) is 2.17. The Morgan fingerprint density at radius 2 is 2.07 bits per heavy atom. The van der Waals surface area contributed by atoms with Crippen LogP contribution in [0.1, 0.15) is 39.0 Å². The van der Waals surface area contributed by atoms with E-state index in [1.165, 1.54) is 32.6 Å². The van der Waals surface area contributed by atoms with Crippen molar-refractivity contribution in [3.63, 3.8) is 0 Å². The Bertz CT molecular complexity index is 229. The first-order valence-electron chi connectivity index (χ1n) is 5.57. The maximum atomic E-state index is 10.9. The molecule has 0 N–H and O–H groups in total. The number of carbonyl (C=O) groups excluding carboxylic acids is 1. The van der Waals surface area contributed by atoms with Crippen molar-refractivity contribution in [2.24, 2.45) is 0 Å². The summed E-state index contributed by atoms with van der Waals surface area (Å²) in [4.78, 5) is 13.4. The molecule has 0 aromatic rings. The molecule has 0 unspecified atom stereocenters. The van der Waals surface area contributed by atoms with Crippen molar-refractivity contribution in [2.75, 3.05) is 7.05 Å². The van der Waals surface area contributed by atoms with Crippen LogP contribution in [0.15, 0.2) is 0 Å². The highest BCUT2D eigenvalue weighted by Gasteiger charge is 2.38. The molecule has 0 aromatic carbocycles. The predicted molar refractivity (Wildman–Crippen MR) is 54.0 cm³/mol. The molecule has 0 spiro atoms. The van der Waals surface area contributed by atoms with Gasteiger partial charge in [-0.25, -0.2) is 0 Å². The van der Waals surface area contributed by atoms with E-state index in [0.29, 0.717) is 6.04 Å². The van der Waals surface area contributed by atoms with Gasteiger partial charge in [0.2, 0.25) is 0 Å². The average Bonchev–Trinajstić information content (AvgIpc) is 2.09. The zero-order valence-corrected chi connectivity index (χ0v) is 9.03. The molecule has 0 aliphatic carbocycles. The number of ether oxygens (including phenoxy) is 1. The smallest absolute Gasteiger partial charge is 0.302 e.